The number of sulfonamides is 1. The summed E-state index contributed by atoms with van der Waals surface area (Å²) in [7, 11) is 0.621. The van der Waals surface area contributed by atoms with Crippen molar-refractivity contribution in [3.05, 3.63) is 15.9 Å². The van der Waals surface area contributed by atoms with Crippen molar-refractivity contribution in [1.29, 1.82) is 0 Å². The summed E-state index contributed by atoms with van der Waals surface area (Å²) in [5, 5.41) is 1.77. The molecule has 4 nitrogen and oxygen atoms in total. The van der Waals surface area contributed by atoms with Crippen molar-refractivity contribution in [3.8, 4) is 0 Å². The Kier molecular flexibility index (Phi) is 4.18. The fourth-order valence-electron chi connectivity index (χ4n) is 2.13. The molecule has 0 aromatic carbocycles. The Hall–Kier alpha value is 0.0500. The molecule has 0 atom stereocenters. The summed E-state index contributed by atoms with van der Waals surface area (Å²) >= 11 is 4.49. The Morgan fingerprint density at radius 2 is 2.17 bits per heavy atom. The first-order valence-electron chi connectivity index (χ1n) is 5.77. The van der Waals surface area contributed by atoms with Crippen LogP contribution >= 0.6 is 27.3 Å². The lowest BCUT2D eigenvalue weighted by Crippen LogP contribution is -2.57. The van der Waals surface area contributed by atoms with E-state index in [9.17, 15) is 8.42 Å². The molecule has 1 fully saturated rings. The van der Waals surface area contributed by atoms with Gasteiger partial charge in [0, 0.05) is 16.6 Å². The topological polar surface area (TPSA) is 49.4 Å². The predicted octanol–water partition coefficient (Wildman–Crippen LogP) is 2.27. The first-order valence-corrected chi connectivity index (χ1v) is 8.93. The van der Waals surface area contributed by atoms with Gasteiger partial charge in [0.2, 0.25) is 0 Å². The quantitative estimate of drug-likeness (QED) is 0.884. The van der Waals surface area contributed by atoms with E-state index in [1.807, 2.05) is 14.1 Å². The second kappa shape index (κ2) is 5.20. The van der Waals surface area contributed by atoms with Crippen LogP contribution < -0.4 is 4.72 Å². The van der Waals surface area contributed by atoms with Crippen LogP contribution in [0.4, 0.5) is 0 Å². The van der Waals surface area contributed by atoms with Crippen LogP contribution in [0.3, 0.4) is 0 Å². The van der Waals surface area contributed by atoms with Gasteiger partial charge in [0.05, 0.1) is 0 Å². The minimum atomic E-state index is -3.40. The standard InChI is InChI=1S/C11H17BrN2O2S2/c1-14(2)11(5-3-6-11)8-13-18(15,16)10-9(12)4-7-17-10/h4,7,13H,3,5-6,8H2,1-2H3. The molecular weight excluding hydrogens is 336 g/mol. The van der Waals surface area contributed by atoms with Crippen LogP contribution in [0.25, 0.3) is 0 Å². The zero-order chi connectivity index (χ0) is 13.4. The first-order chi connectivity index (χ1) is 8.37. The minimum absolute atomic E-state index is 0.00317. The van der Waals surface area contributed by atoms with Gasteiger partial charge in [0.15, 0.2) is 0 Å². The number of thiophene rings is 1. The van der Waals surface area contributed by atoms with Crippen molar-refractivity contribution < 1.29 is 8.42 Å². The summed E-state index contributed by atoms with van der Waals surface area (Å²) in [5.41, 5.74) is -0.00317. The van der Waals surface area contributed by atoms with Crippen LogP contribution in [0.5, 0.6) is 0 Å². The average Bonchev–Trinajstić information content (AvgIpc) is 2.62. The predicted molar refractivity (Wildman–Crippen MR) is 77.5 cm³/mol. The van der Waals surface area contributed by atoms with Crippen LogP contribution in [0.1, 0.15) is 19.3 Å². The molecular formula is C11H17BrN2O2S2. The lowest BCUT2D eigenvalue weighted by atomic mass is 9.76. The summed E-state index contributed by atoms with van der Waals surface area (Å²) < 4.78 is 28.1. The maximum Gasteiger partial charge on any atom is 0.251 e. The van der Waals surface area contributed by atoms with Gasteiger partial charge in [0.1, 0.15) is 4.21 Å². The van der Waals surface area contributed by atoms with Crippen molar-refractivity contribution in [2.75, 3.05) is 20.6 Å². The van der Waals surface area contributed by atoms with Crippen LogP contribution in [0.15, 0.2) is 20.1 Å². The second-order valence-electron chi connectivity index (χ2n) is 4.85. The van der Waals surface area contributed by atoms with E-state index < -0.39 is 10.0 Å². The lowest BCUT2D eigenvalue weighted by molar-refractivity contribution is 0.0657. The number of nitrogens with one attached hydrogen (secondary N) is 1. The highest BCUT2D eigenvalue weighted by molar-refractivity contribution is 9.10. The van der Waals surface area contributed by atoms with Gasteiger partial charge in [-0.15, -0.1) is 11.3 Å². The zero-order valence-corrected chi connectivity index (χ0v) is 13.7. The summed E-state index contributed by atoms with van der Waals surface area (Å²) in [5.74, 6) is 0. The van der Waals surface area contributed by atoms with E-state index in [1.165, 1.54) is 17.8 Å². The summed E-state index contributed by atoms with van der Waals surface area (Å²) in [6.45, 7) is 0.479. The van der Waals surface area contributed by atoms with Gasteiger partial charge < -0.3 is 4.90 Å². The molecule has 18 heavy (non-hydrogen) atoms. The van der Waals surface area contributed by atoms with Crippen LogP contribution in [-0.4, -0.2) is 39.5 Å². The van der Waals surface area contributed by atoms with Gasteiger partial charge in [-0.05, 0) is 60.7 Å². The van der Waals surface area contributed by atoms with E-state index in [1.54, 1.807) is 11.4 Å². The van der Waals surface area contributed by atoms with Gasteiger partial charge in [-0.1, -0.05) is 0 Å². The summed E-state index contributed by atoms with van der Waals surface area (Å²) in [6, 6.07) is 1.75. The number of hydrogen-bond acceptors (Lipinski definition) is 4. The number of nitrogens with zero attached hydrogens (tertiary/aromatic N) is 1. The Morgan fingerprint density at radius 3 is 2.56 bits per heavy atom. The van der Waals surface area contributed by atoms with Gasteiger partial charge in [-0.3, -0.25) is 0 Å². The monoisotopic (exact) mass is 352 g/mol. The van der Waals surface area contributed by atoms with Crippen molar-refractivity contribution in [2.24, 2.45) is 0 Å². The normalized spacial score (nSPS) is 18.9. The molecule has 1 aliphatic carbocycles. The fourth-order valence-corrected chi connectivity index (χ4v) is 5.63. The Morgan fingerprint density at radius 1 is 1.50 bits per heavy atom. The molecule has 2 rings (SSSR count). The van der Waals surface area contributed by atoms with Gasteiger partial charge in [-0.2, -0.15) is 0 Å². The van der Waals surface area contributed by atoms with E-state index >= 15 is 0 Å². The van der Waals surface area contributed by atoms with Crippen LogP contribution in [0, 0.1) is 0 Å². The van der Waals surface area contributed by atoms with Gasteiger partial charge in [-0.25, -0.2) is 13.1 Å². The van der Waals surface area contributed by atoms with Gasteiger partial charge in [0.25, 0.3) is 10.0 Å². The molecule has 0 spiro atoms. The SMILES string of the molecule is CN(C)C1(CNS(=O)(=O)c2sccc2Br)CCC1. The summed E-state index contributed by atoms with van der Waals surface area (Å²) in [4.78, 5) is 2.13. The molecule has 1 N–H and O–H groups in total. The molecule has 7 heteroatoms. The third-order valence-electron chi connectivity index (χ3n) is 3.65. The number of halogens is 1. The van der Waals surface area contributed by atoms with Crippen LogP contribution in [0.2, 0.25) is 0 Å². The highest BCUT2D eigenvalue weighted by atomic mass is 79.9. The minimum Gasteiger partial charge on any atom is -0.302 e. The number of hydrogen-bond donors (Lipinski definition) is 1. The molecule has 1 aromatic heterocycles. The van der Waals surface area contributed by atoms with E-state index in [4.69, 9.17) is 0 Å². The third-order valence-corrected chi connectivity index (χ3v) is 7.72. The molecule has 0 bridgehead atoms. The molecule has 102 valence electrons. The molecule has 1 aliphatic rings. The molecule has 1 heterocycles. The first kappa shape index (κ1) is 14.5. The van der Waals surface area contributed by atoms with E-state index in [2.05, 4.69) is 25.6 Å². The van der Waals surface area contributed by atoms with E-state index in [0.29, 0.717) is 15.2 Å². The molecule has 1 aromatic rings. The highest BCUT2D eigenvalue weighted by Crippen LogP contribution is 2.36. The van der Waals surface area contributed by atoms with E-state index in [0.717, 1.165) is 12.8 Å². The van der Waals surface area contributed by atoms with Crippen molar-refractivity contribution in [1.82, 2.24) is 9.62 Å². The Labute approximate surface area is 121 Å². The average molecular weight is 353 g/mol. The molecule has 0 unspecified atom stereocenters. The maximum absolute atomic E-state index is 12.2. The third kappa shape index (κ3) is 2.65. The van der Waals surface area contributed by atoms with Crippen molar-refractivity contribution in [2.45, 2.75) is 29.0 Å². The Balaban J connectivity index is 2.08. The second-order valence-corrected chi connectivity index (χ2v) is 8.59. The molecule has 0 saturated heterocycles. The smallest absolute Gasteiger partial charge is 0.251 e. The van der Waals surface area contributed by atoms with E-state index in [-0.39, 0.29) is 5.54 Å². The lowest BCUT2D eigenvalue weighted by Gasteiger charge is -2.47. The van der Waals surface area contributed by atoms with Gasteiger partial charge >= 0.3 is 0 Å². The van der Waals surface area contributed by atoms with Crippen LogP contribution in [-0.2, 0) is 10.0 Å². The number of likely N-dealkylation sites (N-methyl/N-ethyl adjacent to an activating group) is 1. The Bertz CT molecular complexity index is 521. The number of rotatable bonds is 5. The summed E-state index contributed by atoms with van der Waals surface area (Å²) in [6.07, 6.45) is 3.27. The van der Waals surface area contributed by atoms with Crippen molar-refractivity contribution >= 4 is 37.3 Å². The highest BCUT2D eigenvalue weighted by Gasteiger charge is 2.40. The molecule has 1 saturated carbocycles. The van der Waals surface area contributed by atoms with Crippen molar-refractivity contribution in [3.63, 3.8) is 0 Å². The fraction of sp³-hybridized carbons (Fsp3) is 0.636. The zero-order valence-electron chi connectivity index (χ0n) is 10.4. The molecule has 0 amide bonds. The molecule has 0 aliphatic heterocycles. The maximum atomic E-state index is 12.2. The largest absolute Gasteiger partial charge is 0.302 e. The molecule has 0 radical (unpaired) electrons.